The summed E-state index contributed by atoms with van der Waals surface area (Å²) in [7, 11) is 0. The summed E-state index contributed by atoms with van der Waals surface area (Å²) in [5, 5.41) is 0. The first-order valence-corrected chi connectivity index (χ1v) is 7.74. The van der Waals surface area contributed by atoms with Gasteiger partial charge < -0.3 is 0 Å². The maximum Gasteiger partial charge on any atom is 0.176 e. The lowest BCUT2D eigenvalue weighted by atomic mass is 9.80. The second kappa shape index (κ2) is 6.09. The molecule has 1 fully saturated rings. The third-order valence-electron chi connectivity index (χ3n) is 4.55. The quantitative estimate of drug-likeness (QED) is 0.778. The molecule has 20 heavy (non-hydrogen) atoms. The van der Waals surface area contributed by atoms with Crippen molar-refractivity contribution in [1.82, 2.24) is 4.90 Å². The predicted octanol–water partition coefficient (Wildman–Crippen LogP) is 3.80. The summed E-state index contributed by atoms with van der Waals surface area (Å²) in [4.78, 5) is 14.6. The molecule has 0 spiro atoms. The van der Waals surface area contributed by atoms with Crippen molar-refractivity contribution in [2.75, 3.05) is 19.6 Å². The van der Waals surface area contributed by atoms with Crippen molar-refractivity contribution in [3.05, 3.63) is 35.4 Å². The topological polar surface area (TPSA) is 20.3 Å². The molecule has 0 aromatic heterocycles. The zero-order valence-corrected chi connectivity index (χ0v) is 13.3. The summed E-state index contributed by atoms with van der Waals surface area (Å²) >= 11 is 0. The Morgan fingerprint density at radius 2 is 1.90 bits per heavy atom. The zero-order chi connectivity index (χ0) is 14.8. The van der Waals surface area contributed by atoms with Crippen LogP contribution in [-0.4, -0.2) is 30.3 Å². The lowest BCUT2D eigenvalue weighted by Gasteiger charge is -2.27. The molecule has 1 aliphatic rings. The van der Waals surface area contributed by atoms with E-state index in [-0.39, 0.29) is 5.78 Å². The van der Waals surface area contributed by atoms with Gasteiger partial charge in [0.25, 0.3) is 0 Å². The van der Waals surface area contributed by atoms with E-state index in [0.29, 0.717) is 17.9 Å². The van der Waals surface area contributed by atoms with E-state index >= 15 is 0 Å². The average molecular weight is 273 g/mol. The van der Waals surface area contributed by atoms with Gasteiger partial charge in [-0.3, -0.25) is 9.69 Å². The number of hydrogen-bond acceptors (Lipinski definition) is 2. The summed E-state index contributed by atoms with van der Waals surface area (Å²) in [5.41, 5.74) is 2.48. The van der Waals surface area contributed by atoms with Gasteiger partial charge in [-0.05, 0) is 36.3 Å². The molecule has 0 N–H and O–H groups in total. The Labute approximate surface area is 123 Å². The average Bonchev–Trinajstić information content (AvgIpc) is 2.87. The second-order valence-electron chi connectivity index (χ2n) is 7.06. The third-order valence-corrected chi connectivity index (χ3v) is 4.55. The Morgan fingerprint density at radius 3 is 2.40 bits per heavy atom. The molecule has 1 aliphatic heterocycles. The number of nitrogens with zero attached hydrogens (tertiary/aromatic N) is 1. The van der Waals surface area contributed by atoms with Crippen LogP contribution in [0.2, 0.25) is 0 Å². The van der Waals surface area contributed by atoms with Crippen LogP contribution in [0.1, 0.15) is 50.0 Å². The van der Waals surface area contributed by atoms with Gasteiger partial charge in [0.15, 0.2) is 5.78 Å². The van der Waals surface area contributed by atoms with Gasteiger partial charge in [-0.2, -0.15) is 0 Å². The number of aryl methyl sites for hydroxylation is 1. The molecule has 2 rings (SSSR count). The van der Waals surface area contributed by atoms with Crippen molar-refractivity contribution in [2.24, 2.45) is 11.3 Å². The number of hydrogen-bond donors (Lipinski definition) is 0. The number of ketones is 1. The zero-order valence-electron chi connectivity index (χ0n) is 13.3. The molecule has 0 saturated carbocycles. The summed E-state index contributed by atoms with van der Waals surface area (Å²) in [5.74, 6) is 0.958. The molecule has 1 aromatic carbocycles. The number of carbonyl (C=O) groups is 1. The maximum absolute atomic E-state index is 12.3. The highest BCUT2D eigenvalue weighted by molar-refractivity contribution is 5.97. The number of benzene rings is 1. The van der Waals surface area contributed by atoms with Gasteiger partial charge in [0.1, 0.15) is 0 Å². The lowest BCUT2D eigenvalue weighted by Crippen LogP contribution is -2.30. The highest BCUT2D eigenvalue weighted by Gasteiger charge is 2.32. The van der Waals surface area contributed by atoms with E-state index in [1.807, 2.05) is 12.1 Å². The van der Waals surface area contributed by atoms with E-state index in [4.69, 9.17) is 0 Å². The standard InChI is InChI=1S/C18H27NO/c1-5-14-6-8-15(9-7-14)17(20)13-19-11-10-16(12-19)18(2,3)4/h6-9,16H,5,10-13H2,1-4H3. The molecule has 110 valence electrons. The summed E-state index contributed by atoms with van der Waals surface area (Å²) in [6.45, 7) is 11.7. The second-order valence-corrected chi connectivity index (χ2v) is 7.06. The van der Waals surface area contributed by atoms with Crippen LogP contribution in [-0.2, 0) is 6.42 Å². The molecule has 1 unspecified atom stereocenters. The van der Waals surface area contributed by atoms with Gasteiger partial charge in [-0.25, -0.2) is 0 Å². The normalized spacial score (nSPS) is 20.3. The highest BCUT2D eigenvalue weighted by Crippen LogP contribution is 2.33. The fraction of sp³-hybridized carbons (Fsp3) is 0.611. The fourth-order valence-electron chi connectivity index (χ4n) is 2.90. The number of Topliss-reactive ketones (excluding diaryl/α,β-unsaturated/α-hetero) is 1. The van der Waals surface area contributed by atoms with Crippen LogP contribution in [0.3, 0.4) is 0 Å². The van der Waals surface area contributed by atoms with Crippen molar-refractivity contribution in [3.63, 3.8) is 0 Å². The van der Waals surface area contributed by atoms with Crippen molar-refractivity contribution in [3.8, 4) is 0 Å². The molecule has 0 bridgehead atoms. The van der Waals surface area contributed by atoms with E-state index in [9.17, 15) is 4.79 Å². The molecule has 1 saturated heterocycles. The van der Waals surface area contributed by atoms with Crippen LogP contribution in [0, 0.1) is 11.3 Å². The minimum atomic E-state index is 0.252. The SMILES string of the molecule is CCc1ccc(C(=O)CN2CCC(C(C)(C)C)C2)cc1. The van der Waals surface area contributed by atoms with Crippen LogP contribution < -0.4 is 0 Å². The van der Waals surface area contributed by atoms with E-state index in [0.717, 1.165) is 25.1 Å². The first-order chi connectivity index (χ1) is 9.40. The maximum atomic E-state index is 12.3. The number of carbonyl (C=O) groups excluding carboxylic acids is 1. The van der Waals surface area contributed by atoms with Crippen molar-refractivity contribution in [1.29, 1.82) is 0 Å². The van der Waals surface area contributed by atoms with Crippen LogP contribution in [0.4, 0.5) is 0 Å². The number of rotatable bonds is 4. The van der Waals surface area contributed by atoms with Crippen LogP contribution >= 0.6 is 0 Å². The molecular weight excluding hydrogens is 246 g/mol. The largest absolute Gasteiger partial charge is 0.295 e. The molecular formula is C18H27NO. The summed E-state index contributed by atoms with van der Waals surface area (Å²) in [6.07, 6.45) is 2.24. The minimum absolute atomic E-state index is 0.252. The molecule has 1 atom stereocenters. The highest BCUT2D eigenvalue weighted by atomic mass is 16.1. The first kappa shape index (κ1) is 15.2. The van der Waals surface area contributed by atoms with Crippen LogP contribution in [0.15, 0.2) is 24.3 Å². The van der Waals surface area contributed by atoms with Crippen molar-refractivity contribution >= 4 is 5.78 Å². The molecule has 0 amide bonds. The molecule has 2 heteroatoms. The Bertz CT molecular complexity index is 455. The van der Waals surface area contributed by atoms with Gasteiger partial charge in [-0.15, -0.1) is 0 Å². The molecule has 2 nitrogen and oxygen atoms in total. The Morgan fingerprint density at radius 1 is 1.25 bits per heavy atom. The number of likely N-dealkylation sites (tertiary alicyclic amines) is 1. The van der Waals surface area contributed by atoms with Gasteiger partial charge in [0.05, 0.1) is 6.54 Å². The van der Waals surface area contributed by atoms with E-state index in [2.05, 4.69) is 44.7 Å². The van der Waals surface area contributed by atoms with E-state index in [1.54, 1.807) is 0 Å². The molecule has 1 aromatic rings. The smallest absolute Gasteiger partial charge is 0.176 e. The van der Waals surface area contributed by atoms with Gasteiger partial charge in [0, 0.05) is 12.1 Å². The Balaban J connectivity index is 1.92. The lowest BCUT2D eigenvalue weighted by molar-refractivity contribution is 0.0938. The van der Waals surface area contributed by atoms with Gasteiger partial charge >= 0.3 is 0 Å². The van der Waals surface area contributed by atoms with Crippen molar-refractivity contribution in [2.45, 2.75) is 40.5 Å². The Kier molecular flexibility index (Phi) is 4.64. The van der Waals surface area contributed by atoms with E-state index in [1.165, 1.54) is 12.0 Å². The van der Waals surface area contributed by atoms with E-state index < -0.39 is 0 Å². The van der Waals surface area contributed by atoms with Gasteiger partial charge in [0.2, 0.25) is 0 Å². The van der Waals surface area contributed by atoms with Crippen LogP contribution in [0.25, 0.3) is 0 Å². The third kappa shape index (κ3) is 3.69. The predicted molar refractivity (Wildman–Crippen MR) is 84.2 cm³/mol. The van der Waals surface area contributed by atoms with Crippen molar-refractivity contribution < 1.29 is 4.79 Å². The molecule has 0 aliphatic carbocycles. The first-order valence-electron chi connectivity index (χ1n) is 7.74. The summed E-state index contributed by atoms with van der Waals surface area (Å²) < 4.78 is 0. The molecule has 1 heterocycles. The monoisotopic (exact) mass is 273 g/mol. The van der Waals surface area contributed by atoms with Crippen LogP contribution in [0.5, 0.6) is 0 Å². The summed E-state index contributed by atoms with van der Waals surface area (Å²) in [6, 6.07) is 8.07. The molecule has 0 radical (unpaired) electrons. The fourth-order valence-corrected chi connectivity index (χ4v) is 2.90. The minimum Gasteiger partial charge on any atom is -0.295 e. The Hall–Kier alpha value is -1.15. The van der Waals surface area contributed by atoms with Gasteiger partial charge in [-0.1, -0.05) is 52.0 Å².